The molecule has 0 bridgehead atoms. The summed E-state index contributed by atoms with van der Waals surface area (Å²) < 4.78 is 36.6. The number of nitrogens with zero attached hydrogens (tertiary/aromatic N) is 3. The first-order valence-electron chi connectivity index (χ1n) is 13.2. The SMILES string of the molecule is COC(=O)CC1CCC2(CC1)CCC(c1ccc(NC(=O)c3nnc(Nc4ccc(F)c(F)c4)o3)cn1)CC2. The summed E-state index contributed by atoms with van der Waals surface area (Å²) in [5, 5.41) is 12.7. The van der Waals surface area contributed by atoms with Crippen molar-refractivity contribution in [3.8, 4) is 0 Å². The van der Waals surface area contributed by atoms with Gasteiger partial charge in [0.05, 0.1) is 19.0 Å². The third kappa shape index (κ3) is 6.40. The summed E-state index contributed by atoms with van der Waals surface area (Å²) >= 11 is 0. The Morgan fingerprint density at radius 3 is 2.38 bits per heavy atom. The fourth-order valence-electron chi connectivity index (χ4n) is 5.81. The van der Waals surface area contributed by atoms with Gasteiger partial charge in [0.15, 0.2) is 11.6 Å². The topological polar surface area (TPSA) is 119 Å². The van der Waals surface area contributed by atoms with E-state index in [9.17, 15) is 18.4 Å². The lowest BCUT2D eigenvalue weighted by Crippen LogP contribution is -2.32. The highest BCUT2D eigenvalue weighted by molar-refractivity contribution is 6.00. The van der Waals surface area contributed by atoms with Gasteiger partial charge >= 0.3 is 23.8 Å². The van der Waals surface area contributed by atoms with Crippen molar-refractivity contribution in [1.82, 2.24) is 15.2 Å². The number of amides is 1. The standard InChI is InChI=1S/C28H31F2N5O4/c1-38-24(36)14-17-6-10-28(11-7-17)12-8-18(9-13-28)23-5-3-20(16-31-23)32-25(37)26-34-35-27(39-26)33-19-2-4-21(29)22(30)15-19/h2-5,15-18H,6-14H2,1H3,(H,32,37)(H,33,35). The van der Waals surface area contributed by atoms with Crippen molar-refractivity contribution in [3.63, 3.8) is 0 Å². The van der Waals surface area contributed by atoms with Crippen LogP contribution in [0.25, 0.3) is 0 Å². The summed E-state index contributed by atoms with van der Waals surface area (Å²) in [5.41, 5.74) is 2.09. The quantitative estimate of drug-likeness (QED) is 0.344. The molecule has 2 aromatic heterocycles. The molecule has 1 spiro atoms. The molecule has 206 valence electrons. The lowest BCUT2D eigenvalue weighted by molar-refractivity contribution is -0.142. The third-order valence-corrected chi connectivity index (χ3v) is 8.15. The van der Waals surface area contributed by atoms with Gasteiger partial charge < -0.3 is 19.8 Å². The maximum atomic E-state index is 13.4. The summed E-state index contributed by atoms with van der Waals surface area (Å²) in [4.78, 5) is 28.7. The molecule has 0 saturated heterocycles. The molecular formula is C28H31F2N5O4. The van der Waals surface area contributed by atoms with Gasteiger partial charge in [-0.1, -0.05) is 5.10 Å². The lowest BCUT2D eigenvalue weighted by Gasteiger charge is -2.44. The second kappa shape index (κ2) is 11.5. The predicted octanol–water partition coefficient (Wildman–Crippen LogP) is 6.14. The number of carbonyl (C=O) groups is 2. The van der Waals surface area contributed by atoms with Crippen LogP contribution >= 0.6 is 0 Å². The second-order valence-corrected chi connectivity index (χ2v) is 10.6. The van der Waals surface area contributed by atoms with E-state index in [0.717, 1.165) is 43.5 Å². The van der Waals surface area contributed by atoms with Crippen LogP contribution in [0.1, 0.15) is 80.1 Å². The molecule has 2 aliphatic rings. The van der Waals surface area contributed by atoms with Crippen molar-refractivity contribution in [1.29, 1.82) is 0 Å². The fourth-order valence-corrected chi connectivity index (χ4v) is 5.81. The van der Waals surface area contributed by atoms with Crippen LogP contribution in [0.3, 0.4) is 0 Å². The zero-order valence-electron chi connectivity index (χ0n) is 21.7. The largest absolute Gasteiger partial charge is 0.469 e. The van der Waals surface area contributed by atoms with E-state index in [2.05, 4.69) is 25.8 Å². The molecule has 0 unspecified atom stereocenters. The lowest BCUT2D eigenvalue weighted by atomic mass is 9.61. The number of methoxy groups -OCH3 is 1. The minimum absolute atomic E-state index is 0.108. The first kappa shape index (κ1) is 26.7. The van der Waals surface area contributed by atoms with Gasteiger partial charge in [-0.2, -0.15) is 0 Å². The van der Waals surface area contributed by atoms with E-state index >= 15 is 0 Å². The number of ether oxygens (including phenoxy) is 1. The van der Waals surface area contributed by atoms with Gasteiger partial charge in [0.1, 0.15) is 0 Å². The van der Waals surface area contributed by atoms with Crippen LogP contribution in [0, 0.1) is 23.0 Å². The summed E-state index contributed by atoms with van der Waals surface area (Å²) in [7, 11) is 1.45. The highest BCUT2D eigenvalue weighted by Crippen LogP contribution is 2.52. The maximum Gasteiger partial charge on any atom is 0.320 e. The molecule has 11 heteroatoms. The van der Waals surface area contributed by atoms with Crippen LogP contribution < -0.4 is 10.6 Å². The van der Waals surface area contributed by atoms with Gasteiger partial charge in [-0.3, -0.25) is 14.6 Å². The van der Waals surface area contributed by atoms with Crippen LogP contribution in [-0.4, -0.2) is 34.2 Å². The monoisotopic (exact) mass is 539 g/mol. The molecule has 0 atom stereocenters. The van der Waals surface area contributed by atoms with E-state index in [4.69, 9.17) is 9.15 Å². The molecule has 9 nitrogen and oxygen atoms in total. The summed E-state index contributed by atoms with van der Waals surface area (Å²) in [6.45, 7) is 0. The van der Waals surface area contributed by atoms with Crippen LogP contribution in [0.15, 0.2) is 40.9 Å². The van der Waals surface area contributed by atoms with Crippen LogP contribution in [0.5, 0.6) is 0 Å². The number of hydrogen-bond donors (Lipinski definition) is 2. The van der Waals surface area contributed by atoms with Crippen molar-refractivity contribution in [3.05, 3.63) is 59.7 Å². The number of hydrogen-bond acceptors (Lipinski definition) is 8. The molecule has 2 fully saturated rings. The predicted molar refractivity (Wildman–Crippen MR) is 138 cm³/mol. The second-order valence-electron chi connectivity index (χ2n) is 10.6. The van der Waals surface area contributed by atoms with Gasteiger partial charge in [0.2, 0.25) is 0 Å². The Kier molecular flexibility index (Phi) is 7.85. The molecule has 39 heavy (non-hydrogen) atoms. The molecular weight excluding hydrogens is 508 g/mol. The number of aromatic nitrogens is 3. The summed E-state index contributed by atoms with van der Waals surface area (Å²) in [5.74, 6) is -2.19. The molecule has 2 aliphatic carbocycles. The van der Waals surface area contributed by atoms with Crippen LogP contribution in [0.2, 0.25) is 0 Å². The Bertz CT molecular complexity index is 1310. The average molecular weight is 540 g/mol. The van der Waals surface area contributed by atoms with Gasteiger partial charge in [0, 0.05) is 29.8 Å². The first-order valence-corrected chi connectivity index (χ1v) is 13.2. The molecule has 0 radical (unpaired) electrons. The van der Waals surface area contributed by atoms with E-state index in [-0.39, 0.29) is 23.6 Å². The highest BCUT2D eigenvalue weighted by atomic mass is 19.2. The Morgan fingerprint density at radius 1 is 1.00 bits per heavy atom. The van der Waals surface area contributed by atoms with Crippen molar-refractivity contribution in [2.45, 2.75) is 63.7 Å². The molecule has 3 aromatic rings. The van der Waals surface area contributed by atoms with Gasteiger partial charge in [-0.05, 0) is 87.0 Å². The van der Waals surface area contributed by atoms with E-state index in [1.165, 1.54) is 38.9 Å². The molecule has 1 amide bonds. The summed E-state index contributed by atoms with van der Waals surface area (Å²) in [6.07, 6.45) is 11.2. The van der Waals surface area contributed by atoms with Crippen molar-refractivity contribution >= 4 is 29.3 Å². The zero-order chi connectivity index (χ0) is 27.4. The zero-order valence-corrected chi connectivity index (χ0v) is 21.7. The van der Waals surface area contributed by atoms with E-state index < -0.39 is 17.5 Å². The number of esters is 1. The number of rotatable bonds is 7. The Hall–Kier alpha value is -3.89. The number of pyridine rings is 1. The Balaban J connectivity index is 1.11. The number of halogens is 2. The fraction of sp³-hybridized carbons (Fsp3) is 0.464. The number of carbonyl (C=O) groups excluding carboxylic acids is 2. The smallest absolute Gasteiger partial charge is 0.320 e. The Morgan fingerprint density at radius 2 is 1.72 bits per heavy atom. The number of anilines is 3. The molecule has 2 saturated carbocycles. The summed E-state index contributed by atoms with van der Waals surface area (Å²) in [6, 6.07) is 6.82. The van der Waals surface area contributed by atoms with Crippen molar-refractivity contribution in [2.24, 2.45) is 11.3 Å². The van der Waals surface area contributed by atoms with E-state index in [1.54, 1.807) is 12.3 Å². The third-order valence-electron chi connectivity index (χ3n) is 8.15. The Labute approximate surface area is 224 Å². The maximum absolute atomic E-state index is 13.4. The van der Waals surface area contributed by atoms with Crippen LogP contribution in [0.4, 0.5) is 26.2 Å². The highest BCUT2D eigenvalue weighted by Gasteiger charge is 2.39. The van der Waals surface area contributed by atoms with E-state index in [1.807, 2.05) is 6.07 Å². The number of nitrogens with one attached hydrogen (secondary N) is 2. The molecule has 2 heterocycles. The van der Waals surface area contributed by atoms with Gasteiger partial charge in [-0.25, -0.2) is 8.78 Å². The molecule has 5 rings (SSSR count). The minimum atomic E-state index is -1.03. The normalized spacial score (nSPS) is 22.8. The van der Waals surface area contributed by atoms with Gasteiger partial charge in [0.25, 0.3) is 0 Å². The van der Waals surface area contributed by atoms with Crippen molar-refractivity contribution < 1.29 is 27.5 Å². The van der Waals surface area contributed by atoms with Crippen LogP contribution in [-0.2, 0) is 9.53 Å². The van der Waals surface area contributed by atoms with E-state index in [0.29, 0.717) is 29.4 Å². The molecule has 2 N–H and O–H groups in total. The van der Waals surface area contributed by atoms with Gasteiger partial charge in [-0.15, -0.1) is 5.10 Å². The molecule has 1 aromatic carbocycles. The van der Waals surface area contributed by atoms with Crippen molar-refractivity contribution in [2.75, 3.05) is 17.7 Å². The molecule has 0 aliphatic heterocycles. The number of benzene rings is 1. The first-order chi connectivity index (χ1) is 18.8. The minimum Gasteiger partial charge on any atom is -0.469 e. The average Bonchev–Trinajstić information content (AvgIpc) is 3.42.